The van der Waals surface area contributed by atoms with Gasteiger partial charge in [-0.15, -0.1) is 0 Å². The van der Waals surface area contributed by atoms with Crippen LogP contribution < -0.4 is 11.1 Å². The van der Waals surface area contributed by atoms with E-state index in [-0.39, 0.29) is 17.3 Å². The maximum absolute atomic E-state index is 12.7. The van der Waals surface area contributed by atoms with Crippen LogP contribution in [0, 0.1) is 0 Å². The minimum absolute atomic E-state index is 0.160. The van der Waals surface area contributed by atoms with Gasteiger partial charge in [-0.1, -0.05) is 24.3 Å². The van der Waals surface area contributed by atoms with Crippen molar-refractivity contribution in [3.05, 3.63) is 64.7 Å². The number of rotatable bonds is 4. The summed E-state index contributed by atoms with van der Waals surface area (Å²) >= 11 is 0. The van der Waals surface area contributed by atoms with Gasteiger partial charge < -0.3 is 15.8 Å². The highest BCUT2D eigenvalue weighted by molar-refractivity contribution is 5.96. The number of nitrogens with one attached hydrogen (secondary N) is 1. The standard InChI is InChI=1S/C20H19F3N2O3/c21-20(22,23)13-8-9-15(16(24)10-13)19(27)28-11-18(26)25-17-7-3-5-12-4-1-2-6-14(12)17/h1-2,4,6,8-10,17H,3,5,7,11,24H2,(H,25,26)/t17-/m0/s1. The molecule has 0 fully saturated rings. The first kappa shape index (κ1) is 19.7. The maximum atomic E-state index is 12.7. The zero-order valence-electron chi connectivity index (χ0n) is 14.9. The lowest BCUT2D eigenvalue weighted by Gasteiger charge is -2.26. The van der Waals surface area contributed by atoms with Crippen LogP contribution in [0.2, 0.25) is 0 Å². The summed E-state index contributed by atoms with van der Waals surface area (Å²) in [5.74, 6) is -1.44. The van der Waals surface area contributed by atoms with Gasteiger partial charge >= 0.3 is 12.1 Å². The average Bonchev–Trinajstić information content (AvgIpc) is 2.65. The van der Waals surface area contributed by atoms with Crippen molar-refractivity contribution < 1.29 is 27.5 Å². The predicted molar refractivity (Wildman–Crippen MR) is 96.4 cm³/mol. The molecule has 148 valence electrons. The highest BCUT2D eigenvalue weighted by Crippen LogP contribution is 2.32. The van der Waals surface area contributed by atoms with E-state index in [0.29, 0.717) is 6.07 Å². The number of fused-ring (bicyclic) bond motifs is 1. The third-order valence-electron chi connectivity index (χ3n) is 4.64. The van der Waals surface area contributed by atoms with Crippen molar-refractivity contribution >= 4 is 17.6 Å². The number of alkyl halides is 3. The summed E-state index contributed by atoms with van der Waals surface area (Å²) < 4.78 is 42.9. The Labute approximate surface area is 159 Å². The van der Waals surface area contributed by atoms with Crippen molar-refractivity contribution in [2.75, 3.05) is 12.3 Å². The number of carbonyl (C=O) groups is 2. The topological polar surface area (TPSA) is 81.4 Å². The van der Waals surface area contributed by atoms with Crippen LogP contribution in [0.3, 0.4) is 0 Å². The van der Waals surface area contributed by atoms with Gasteiger partial charge in [-0.3, -0.25) is 4.79 Å². The van der Waals surface area contributed by atoms with E-state index in [0.717, 1.165) is 37.0 Å². The van der Waals surface area contributed by atoms with E-state index in [1.54, 1.807) is 0 Å². The Bertz CT molecular complexity index is 897. The number of aryl methyl sites for hydroxylation is 1. The third-order valence-corrected chi connectivity index (χ3v) is 4.64. The van der Waals surface area contributed by atoms with Crippen molar-refractivity contribution in [1.82, 2.24) is 5.32 Å². The summed E-state index contributed by atoms with van der Waals surface area (Å²) in [5.41, 5.74) is 6.20. The van der Waals surface area contributed by atoms with E-state index in [1.165, 1.54) is 5.56 Å². The first-order valence-corrected chi connectivity index (χ1v) is 8.76. The molecule has 0 saturated carbocycles. The summed E-state index contributed by atoms with van der Waals surface area (Å²) in [5, 5.41) is 2.83. The SMILES string of the molecule is Nc1cc(C(F)(F)F)ccc1C(=O)OCC(=O)N[C@H]1CCCc2ccccc21. The zero-order valence-corrected chi connectivity index (χ0v) is 14.9. The number of esters is 1. The highest BCUT2D eigenvalue weighted by atomic mass is 19.4. The molecule has 1 amide bonds. The number of anilines is 1. The number of hydrogen-bond acceptors (Lipinski definition) is 4. The van der Waals surface area contributed by atoms with Crippen molar-refractivity contribution in [3.8, 4) is 0 Å². The number of nitrogen functional groups attached to an aromatic ring is 1. The monoisotopic (exact) mass is 392 g/mol. The molecular weight excluding hydrogens is 373 g/mol. The van der Waals surface area contributed by atoms with Crippen molar-refractivity contribution in [1.29, 1.82) is 0 Å². The van der Waals surface area contributed by atoms with Crippen LogP contribution in [0.25, 0.3) is 0 Å². The van der Waals surface area contributed by atoms with E-state index >= 15 is 0 Å². The Morgan fingerprint density at radius 2 is 1.93 bits per heavy atom. The van der Waals surface area contributed by atoms with Gasteiger partial charge in [0.2, 0.25) is 0 Å². The van der Waals surface area contributed by atoms with Gasteiger partial charge in [-0.25, -0.2) is 4.79 Å². The minimum atomic E-state index is -4.56. The molecule has 0 bridgehead atoms. The molecule has 2 aromatic rings. The molecule has 0 unspecified atom stereocenters. The fraction of sp³-hybridized carbons (Fsp3) is 0.300. The molecule has 0 aliphatic heterocycles. The summed E-state index contributed by atoms with van der Waals surface area (Å²) in [6, 6.07) is 10.00. The van der Waals surface area contributed by atoms with E-state index in [4.69, 9.17) is 10.5 Å². The molecule has 1 aliphatic carbocycles. The van der Waals surface area contributed by atoms with Crippen LogP contribution in [0.1, 0.15) is 45.9 Å². The zero-order chi connectivity index (χ0) is 20.3. The van der Waals surface area contributed by atoms with Crippen LogP contribution in [0.5, 0.6) is 0 Å². The lowest BCUT2D eigenvalue weighted by molar-refractivity contribution is -0.137. The second-order valence-electron chi connectivity index (χ2n) is 6.59. The molecule has 0 saturated heterocycles. The summed E-state index contributed by atoms with van der Waals surface area (Å²) in [7, 11) is 0. The van der Waals surface area contributed by atoms with Crippen LogP contribution in [0.4, 0.5) is 18.9 Å². The molecule has 0 spiro atoms. The average molecular weight is 392 g/mol. The van der Waals surface area contributed by atoms with Crippen LogP contribution in [0.15, 0.2) is 42.5 Å². The summed E-state index contributed by atoms with van der Waals surface area (Å²) in [4.78, 5) is 24.2. The Kier molecular flexibility index (Phi) is 5.58. The lowest BCUT2D eigenvalue weighted by atomic mass is 9.88. The number of halogens is 3. The lowest BCUT2D eigenvalue weighted by Crippen LogP contribution is -2.34. The number of amides is 1. The van der Waals surface area contributed by atoms with Gasteiger partial charge in [-0.05, 0) is 48.6 Å². The molecule has 1 aliphatic rings. The Balaban J connectivity index is 1.59. The number of carbonyl (C=O) groups excluding carboxylic acids is 2. The van der Waals surface area contributed by atoms with Gasteiger partial charge in [0.05, 0.1) is 17.2 Å². The first-order valence-electron chi connectivity index (χ1n) is 8.76. The molecule has 2 aromatic carbocycles. The van der Waals surface area contributed by atoms with Crippen molar-refractivity contribution in [3.63, 3.8) is 0 Å². The molecule has 8 heteroatoms. The summed E-state index contributed by atoms with van der Waals surface area (Å²) in [6.07, 6.45) is -1.90. The number of hydrogen-bond donors (Lipinski definition) is 2. The van der Waals surface area contributed by atoms with E-state index < -0.39 is 30.2 Å². The molecule has 3 N–H and O–H groups in total. The Morgan fingerprint density at radius 1 is 1.18 bits per heavy atom. The Morgan fingerprint density at radius 3 is 2.64 bits per heavy atom. The molecule has 5 nitrogen and oxygen atoms in total. The molecule has 1 atom stereocenters. The minimum Gasteiger partial charge on any atom is -0.452 e. The smallest absolute Gasteiger partial charge is 0.416 e. The van der Waals surface area contributed by atoms with Crippen LogP contribution >= 0.6 is 0 Å². The largest absolute Gasteiger partial charge is 0.452 e. The first-order chi connectivity index (χ1) is 13.3. The van der Waals surface area contributed by atoms with Gasteiger partial charge in [-0.2, -0.15) is 13.2 Å². The van der Waals surface area contributed by atoms with Crippen LogP contribution in [-0.2, 0) is 22.1 Å². The number of nitrogens with two attached hydrogens (primary N) is 1. The fourth-order valence-electron chi connectivity index (χ4n) is 3.27. The van der Waals surface area contributed by atoms with E-state index in [1.807, 2.05) is 24.3 Å². The Hall–Kier alpha value is -3.03. The second-order valence-corrected chi connectivity index (χ2v) is 6.59. The normalized spacial score (nSPS) is 16.2. The van der Waals surface area contributed by atoms with Gasteiger partial charge in [0, 0.05) is 5.69 Å². The van der Waals surface area contributed by atoms with Crippen molar-refractivity contribution in [2.24, 2.45) is 0 Å². The fourth-order valence-corrected chi connectivity index (χ4v) is 3.27. The van der Waals surface area contributed by atoms with Crippen LogP contribution in [-0.4, -0.2) is 18.5 Å². The highest BCUT2D eigenvalue weighted by Gasteiger charge is 2.31. The molecule has 3 rings (SSSR count). The van der Waals surface area contributed by atoms with Gasteiger partial charge in [0.25, 0.3) is 5.91 Å². The molecule has 0 aromatic heterocycles. The molecular formula is C20H19F3N2O3. The van der Waals surface area contributed by atoms with Crippen molar-refractivity contribution in [2.45, 2.75) is 31.5 Å². The predicted octanol–water partition coefficient (Wildman–Crippen LogP) is 3.64. The second kappa shape index (κ2) is 7.92. The molecule has 0 heterocycles. The molecule has 28 heavy (non-hydrogen) atoms. The van der Waals surface area contributed by atoms with Gasteiger partial charge in [0.1, 0.15) is 0 Å². The van der Waals surface area contributed by atoms with E-state index in [2.05, 4.69) is 5.32 Å². The van der Waals surface area contributed by atoms with Gasteiger partial charge in [0.15, 0.2) is 6.61 Å². The number of benzene rings is 2. The quantitative estimate of drug-likeness (QED) is 0.615. The van der Waals surface area contributed by atoms with E-state index in [9.17, 15) is 22.8 Å². The third kappa shape index (κ3) is 4.44. The molecule has 0 radical (unpaired) electrons. The summed E-state index contributed by atoms with van der Waals surface area (Å²) in [6.45, 7) is -0.544. The maximum Gasteiger partial charge on any atom is 0.416 e. The number of ether oxygens (including phenoxy) is 1.